The fourth-order valence-corrected chi connectivity index (χ4v) is 21.7. The number of hydrogen-bond donors (Lipinski definition) is 2. The number of para-hydroxylation sites is 2. The highest BCUT2D eigenvalue weighted by molar-refractivity contribution is 14.1. The SMILES string of the molecule is CC(C)c1ccc2c(c1)oc1c(-c3cccc4oc5c(N(c6ccc7c(c6)-c6ccccc6C7(C)C)c6cccc7c(-c8ccccc8)cccc67)cccc5c34)c(Br)ccc12.CC(C)c1ccc2c(c1)oc1c(I)c(Br)ccc12.CC1(C)c2ccccc2-c2cc(N(c3cccc4c(-c5ccccc5)cccc34)c3cccc4c3oc3cccc(B(O)O)c34)ccc21. The van der Waals surface area contributed by atoms with E-state index in [0.29, 0.717) is 33.9 Å². The molecule has 0 unspecified atom stereocenters. The third-order valence-electron chi connectivity index (χ3n) is 26.7. The summed E-state index contributed by atoms with van der Waals surface area (Å²) in [7, 11) is -1.62. The zero-order chi connectivity index (χ0) is 87.3. The van der Waals surface area contributed by atoms with Crippen molar-refractivity contribution >= 4 is 210 Å². The van der Waals surface area contributed by atoms with Crippen LogP contribution in [0.3, 0.4) is 0 Å². The standard InChI is InChI=1S/C58H42BrNO2.C43H32BNO3.C15H12BrIO/c1-34(2)36-26-28-42-43-29-31-49(59)55(57(43)62-53(42)32-36)44-20-13-25-52-54(44)45-21-12-24-51(56(45)61-52)60(37-27-30-48-46(33-37)40-16-8-9-22-47(40)58(48,3)4)50-23-11-18-39-38(17-10-19-41(39)50)35-14-6-5-7-15-35;1-43(2)35-19-7-6-14-31(35)34-26-28(24-25-36(34)43)45(38-21-9-16-30-29(15-8-17-32(30)38)27-12-4-3-5-13-27)39-22-10-18-33-41-37(44(46)47)20-11-23-40(41)48-42(33)39;1-8(2)9-3-4-10-11-5-6-12(16)14(17)15(11)18-13(10)7-9/h5-34H,1-4H3;3-26,46-47H,1-2H3;3-8H,1-2H3. The summed E-state index contributed by atoms with van der Waals surface area (Å²) in [5, 5.41) is 33.4. The van der Waals surface area contributed by atoms with Crippen LogP contribution in [0.2, 0.25) is 0 Å². The van der Waals surface area contributed by atoms with Gasteiger partial charge in [0.1, 0.15) is 33.5 Å². The van der Waals surface area contributed by atoms with Crippen LogP contribution < -0.4 is 15.3 Å². The van der Waals surface area contributed by atoms with Crippen LogP contribution in [0.25, 0.3) is 165 Å². The molecule has 0 atom stereocenters. The fourth-order valence-electron chi connectivity index (χ4n) is 20.3. The molecular formula is C116H86BBr2IN2O6. The molecule has 4 aromatic heterocycles. The molecular weight excluding hydrogens is 1810 g/mol. The predicted octanol–water partition coefficient (Wildman–Crippen LogP) is 33.6. The first-order valence-corrected chi connectivity index (χ1v) is 46.3. The molecule has 0 saturated heterocycles. The molecule has 2 N–H and O–H groups in total. The summed E-state index contributed by atoms with van der Waals surface area (Å²) in [5.74, 6) is 0.922. The molecule has 0 spiro atoms. The number of halogens is 3. The van der Waals surface area contributed by atoms with E-state index in [4.69, 9.17) is 17.7 Å². The molecule has 22 aromatic rings. The molecule has 0 bridgehead atoms. The molecule has 0 aliphatic heterocycles. The van der Waals surface area contributed by atoms with E-state index in [1.807, 2.05) is 24.3 Å². The maximum Gasteiger partial charge on any atom is 0.489 e. The van der Waals surface area contributed by atoms with Gasteiger partial charge in [0.15, 0.2) is 11.2 Å². The number of benzene rings is 18. The Labute approximate surface area is 772 Å². The largest absolute Gasteiger partial charge is 0.489 e. The number of hydrogen-bond acceptors (Lipinski definition) is 8. The minimum absolute atomic E-state index is 0.109. The summed E-state index contributed by atoms with van der Waals surface area (Å²) < 4.78 is 29.8. The van der Waals surface area contributed by atoms with Crippen LogP contribution in [0.4, 0.5) is 34.1 Å². The van der Waals surface area contributed by atoms with E-state index in [1.165, 1.54) is 88.5 Å². The van der Waals surface area contributed by atoms with Crippen LogP contribution in [0.1, 0.15) is 101 Å². The maximum absolute atomic E-state index is 10.3. The number of anilines is 6. The van der Waals surface area contributed by atoms with Crippen molar-refractivity contribution in [1.82, 2.24) is 0 Å². The van der Waals surface area contributed by atoms with Gasteiger partial charge in [0, 0.05) is 90.6 Å². The van der Waals surface area contributed by atoms with Crippen LogP contribution >= 0.6 is 54.5 Å². The first-order chi connectivity index (χ1) is 62.2. The quantitative estimate of drug-likeness (QED) is 0.0922. The third kappa shape index (κ3) is 13.2. The van der Waals surface area contributed by atoms with E-state index < -0.39 is 7.12 Å². The third-order valence-corrected chi connectivity index (χ3v) is 29.8. The molecule has 4 heterocycles. The Morgan fingerprint density at radius 3 is 1.19 bits per heavy atom. The summed E-state index contributed by atoms with van der Waals surface area (Å²) in [6.45, 7) is 18.1. The predicted molar refractivity (Wildman–Crippen MR) is 550 cm³/mol. The number of rotatable bonds is 12. The molecule has 2 aliphatic carbocycles. The molecule has 620 valence electrons. The Balaban J connectivity index is 0.000000129. The van der Waals surface area contributed by atoms with Crippen molar-refractivity contribution in [1.29, 1.82) is 0 Å². The van der Waals surface area contributed by atoms with Crippen molar-refractivity contribution in [2.24, 2.45) is 0 Å². The topological polar surface area (TPSA) is 99.5 Å². The van der Waals surface area contributed by atoms with Gasteiger partial charge in [-0.2, -0.15) is 0 Å². The zero-order valence-electron chi connectivity index (χ0n) is 71.8. The summed E-state index contributed by atoms with van der Waals surface area (Å²) >= 11 is 9.84. The first kappa shape index (κ1) is 80.8. The second-order valence-electron chi connectivity index (χ2n) is 35.4. The Bertz CT molecular complexity index is 8260. The van der Waals surface area contributed by atoms with Gasteiger partial charge in [-0.3, -0.25) is 0 Å². The van der Waals surface area contributed by atoms with Crippen LogP contribution in [-0.2, 0) is 10.8 Å². The lowest BCUT2D eigenvalue weighted by Gasteiger charge is -2.28. The highest BCUT2D eigenvalue weighted by Gasteiger charge is 2.39. The van der Waals surface area contributed by atoms with Crippen molar-refractivity contribution in [2.45, 2.75) is 78.1 Å². The first-order valence-electron chi connectivity index (χ1n) is 43.7. The Hall–Kier alpha value is -13.0. The normalized spacial score (nSPS) is 13.0. The fraction of sp³-hybridized carbons (Fsp3) is 0.103. The number of nitrogens with zero attached hydrogens (tertiary/aromatic N) is 2. The van der Waals surface area contributed by atoms with Crippen LogP contribution in [-0.4, -0.2) is 17.2 Å². The van der Waals surface area contributed by atoms with Gasteiger partial charge in [-0.05, 0) is 247 Å². The van der Waals surface area contributed by atoms with E-state index in [0.717, 1.165) is 140 Å². The number of fused-ring (bicyclic) bond motifs is 20. The van der Waals surface area contributed by atoms with Gasteiger partial charge in [0.2, 0.25) is 0 Å². The minimum atomic E-state index is -1.62. The summed E-state index contributed by atoms with van der Waals surface area (Å²) in [6.07, 6.45) is 0. The second kappa shape index (κ2) is 31.8. The molecule has 128 heavy (non-hydrogen) atoms. The molecule has 12 heteroatoms. The van der Waals surface area contributed by atoms with Crippen LogP contribution in [0, 0.1) is 3.57 Å². The Kier molecular flexibility index (Phi) is 20.0. The summed E-state index contributed by atoms with van der Waals surface area (Å²) in [4.78, 5) is 4.71. The molecule has 24 rings (SSSR count). The molecule has 0 fully saturated rings. The number of furan rings is 4. The van der Waals surface area contributed by atoms with E-state index in [-0.39, 0.29) is 10.8 Å². The molecule has 8 nitrogen and oxygen atoms in total. The second-order valence-corrected chi connectivity index (χ2v) is 38.2. The van der Waals surface area contributed by atoms with Gasteiger partial charge in [-0.15, -0.1) is 0 Å². The van der Waals surface area contributed by atoms with Crippen LogP contribution in [0.5, 0.6) is 0 Å². The molecule has 0 radical (unpaired) electrons. The van der Waals surface area contributed by atoms with Crippen molar-refractivity contribution in [3.8, 4) is 55.6 Å². The highest BCUT2D eigenvalue weighted by atomic mass is 127. The van der Waals surface area contributed by atoms with Crippen molar-refractivity contribution in [2.75, 3.05) is 9.80 Å². The molecule has 0 saturated carbocycles. The van der Waals surface area contributed by atoms with Crippen molar-refractivity contribution in [3.63, 3.8) is 0 Å². The van der Waals surface area contributed by atoms with E-state index in [2.05, 4.69) is 435 Å². The van der Waals surface area contributed by atoms with Gasteiger partial charge in [-0.1, -0.05) is 326 Å². The average Bonchev–Trinajstić information content (AvgIpc) is 1.55. The van der Waals surface area contributed by atoms with Gasteiger partial charge in [0.25, 0.3) is 0 Å². The van der Waals surface area contributed by atoms with Crippen LogP contribution in [0.15, 0.2) is 378 Å². The molecule has 0 amide bonds. The maximum atomic E-state index is 10.3. The lowest BCUT2D eigenvalue weighted by molar-refractivity contribution is 0.426. The summed E-state index contributed by atoms with van der Waals surface area (Å²) in [6, 6.07) is 125. The van der Waals surface area contributed by atoms with Gasteiger partial charge in [0.05, 0.1) is 26.3 Å². The Morgan fingerprint density at radius 1 is 0.297 bits per heavy atom. The van der Waals surface area contributed by atoms with Gasteiger partial charge >= 0.3 is 7.12 Å². The van der Waals surface area contributed by atoms with Crippen molar-refractivity contribution in [3.05, 3.63) is 398 Å². The molecule has 2 aliphatic rings. The zero-order valence-corrected chi connectivity index (χ0v) is 77.1. The van der Waals surface area contributed by atoms with E-state index in [1.54, 1.807) is 12.1 Å². The smallest absolute Gasteiger partial charge is 0.455 e. The summed E-state index contributed by atoms with van der Waals surface area (Å²) in [5.41, 5.74) is 32.6. The van der Waals surface area contributed by atoms with Crippen molar-refractivity contribution < 1.29 is 27.7 Å². The average molecular weight is 1900 g/mol. The highest BCUT2D eigenvalue weighted by Crippen LogP contribution is 2.57. The lowest BCUT2D eigenvalue weighted by atomic mass is 9.77. The van der Waals surface area contributed by atoms with Gasteiger partial charge in [-0.25, -0.2) is 0 Å². The van der Waals surface area contributed by atoms with E-state index in [9.17, 15) is 10.0 Å². The Morgan fingerprint density at radius 2 is 0.680 bits per heavy atom. The lowest BCUT2D eigenvalue weighted by Crippen LogP contribution is -2.30. The minimum Gasteiger partial charge on any atom is -0.455 e. The molecule has 18 aromatic carbocycles. The van der Waals surface area contributed by atoms with Gasteiger partial charge < -0.3 is 37.5 Å². The monoisotopic (exact) mass is 1900 g/mol. The van der Waals surface area contributed by atoms with E-state index >= 15 is 0 Å².